The fraction of sp³-hybridized carbons (Fsp3) is 0.926. The molecule has 0 saturated carbocycles. The van der Waals surface area contributed by atoms with Crippen LogP contribution in [0, 0.1) is 0 Å². The molecule has 0 aliphatic heterocycles. The summed E-state index contributed by atoms with van der Waals surface area (Å²) in [5.74, 6) is -0.0127. The number of amides is 1. The second kappa shape index (κ2) is 76.8. The summed E-state index contributed by atoms with van der Waals surface area (Å²) < 4.78 is 5.52. The van der Waals surface area contributed by atoms with Crippen LogP contribution in [0.2, 0.25) is 0 Å². The van der Waals surface area contributed by atoms with Gasteiger partial charge < -0.3 is 20.3 Å². The summed E-state index contributed by atoms with van der Waals surface area (Å²) >= 11 is 0. The van der Waals surface area contributed by atoms with Crippen molar-refractivity contribution in [1.29, 1.82) is 0 Å². The number of nitrogens with one attached hydrogen (secondary N) is 1. The minimum atomic E-state index is -0.666. The zero-order chi connectivity index (χ0) is 62.8. The van der Waals surface area contributed by atoms with E-state index in [2.05, 4.69) is 43.5 Å². The standard InChI is InChI=1S/C81H157NO5/c1-3-5-7-9-11-13-15-17-19-21-23-24-31-34-38-41-45-49-53-57-61-65-69-73-79(84)78(77-83)82-80(85)74-70-66-62-58-54-50-46-42-39-35-32-29-27-25-26-28-30-33-36-40-44-48-52-56-60-64-68-72-76-87-81(86)75-71-67-63-59-55-51-47-43-37-22-20-18-16-14-12-10-8-6-4-2/h18,20,25-26,78-79,83-84H,3-17,19,21-24,27-77H2,1-2H3,(H,82,85)/b20-18-,26-25-. The van der Waals surface area contributed by atoms with Crippen molar-refractivity contribution >= 4 is 11.9 Å². The summed E-state index contributed by atoms with van der Waals surface area (Å²) in [4.78, 5) is 24.7. The van der Waals surface area contributed by atoms with Crippen molar-refractivity contribution < 1.29 is 24.5 Å². The quantitative estimate of drug-likeness (QED) is 0.0320. The zero-order valence-corrected chi connectivity index (χ0v) is 59.3. The van der Waals surface area contributed by atoms with Gasteiger partial charge in [0.2, 0.25) is 5.91 Å². The van der Waals surface area contributed by atoms with E-state index in [1.807, 2.05) is 0 Å². The van der Waals surface area contributed by atoms with E-state index in [9.17, 15) is 19.8 Å². The van der Waals surface area contributed by atoms with Crippen LogP contribution < -0.4 is 5.32 Å². The van der Waals surface area contributed by atoms with E-state index in [0.717, 1.165) is 38.5 Å². The van der Waals surface area contributed by atoms with Crippen LogP contribution in [0.25, 0.3) is 0 Å². The molecule has 0 saturated heterocycles. The van der Waals surface area contributed by atoms with E-state index in [-0.39, 0.29) is 18.5 Å². The van der Waals surface area contributed by atoms with Crippen LogP contribution >= 0.6 is 0 Å². The molecular weight excluding hydrogens is 1070 g/mol. The molecule has 3 N–H and O–H groups in total. The Balaban J connectivity index is 3.36. The van der Waals surface area contributed by atoms with Gasteiger partial charge in [0.1, 0.15) is 0 Å². The molecule has 2 atom stereocenters. The lowest BCUT2D eigenvalue weighted by atomic mass is 10.0. The van der Waals surface area contributed by atoms with Crippen molar-refractivity contribution in [3.8, 4) is 0 Å². The van der Waals surface area contributed by atoms with Crippen LogP contribution in [-0.4, -0.2) is 47.4 Å². The lowest BCUT2D eigenvalue weighted by Gasteiger charge is -2.22. The number of rotatable bonds is 76. The monoisotopic (exact) mass is 1220 g/mol. The van der Waals surface area contributed by atoms with E-state index in [4.69, 9.17) is 4.74 Å². The number of esters is 1. The number of hydrogen-bond acceptors (Lipinski definition) is 5. The normalized spacial score (nSPS) is 12.6. The van der Waals surface area contributed by atoms with E-state index >= 15 is 0 Å². The topological polar surface area (TPSA) is 95.9 Å². The van der Waals surface area contributed by atoms with Gasteiger partial charge in [-0.2, -0.15) is 0 Å². The molecule has 0 heterocycles. The lowest BCUT2D eigenvalue weighted by molar-refractivity contribution is -0.143. The van der Waals surface area contributed by atoms with Gasteiger partial charge in [0.15, 0.2) is 0 Å². The molecule has 0 rings (SSSR count). The van der Waals surface area contributed by atoms with E-state index in [1.54, 1.807) is 0 Å². The van der Waals surface area contributed by atoms with Crippen molar-refractivity contribution in [3.05, 3.63) is 24.3 Å². The molecule has 0 aromatic carbocycles. The maximum absolute atomic E-state index is 12.6. The van der Waals surface area contributed by atoms with Crippen molar-refractivity contribution in [2.75, 3.05) is 13.2 Å². The smallest absolute Gasteiger partial charge is 0.305 e. The number of aliphatic hydroxyl groups excluding tert-OH is 2. The first-order valence-corrected chi connectivity index (χ1v) is 40.1. The van der Waals surface area contributed by atoms with Gasteiger partial charge in [-0.05, 0) is 77.0 Å². The second-order valence-electron chi connectivity index (χ2n) is 27.7. The van der Waals surface area contributed by atoms with Crippen molar-refractivity contribution in [2.45, 2.75) is 469 Å². The molecule has 0 radical (unpaired) electrons. The molecule has 0 spiro atoms. The van der Waals surface area contributed by atoms with Gasteiger partial charge >= 0.3 is 5.97 Å². The van der Waals surface area contributed by atoms with Crippen molar-refractivity contribution in [3.63, 3.8) is 0 Å². The molecule has 0 aliphatic rings. The summed E-state index contributed by atoms with van der Waals surface area (Å²) in [5, 5.41) is 23.5. The summed E-state index contributed by atoms with van der Waals surface area (Å²) in [6.07, 6.45) is 98.4. The third-order valence-corrected chi connectivity index (χ3v) is 19.0. The van der Waals surface area contributed by atoms with Gasteiger partial charge in [-0.15, -0.1) is 0 Å². The maximum Gasteiger partial charge on any atom is 0.305 e. The first-order valence-electron chi connectivity index (χ1n) is 40.1. The maximum atomic E-state index is 12.6. The molecule has 1 amide bonds. The minimum Gasteiger partial charge on any atom is -0.466 e. The van der Waals surface area contributed by atoms with E-state index in [1.165, 1.54) is 385 Å². The van der Waals surface area contributed by atoms with Gasteiger partial charge in [0.25, 0.3) is 0 Å². The van der Waals surface area contributed by atoms with Gasteiger partial charge in [0.05, 0.1) is 25.4 Å². The highest BCUT2D eigenvalue weighted by Crippen LogP contribution is 2.20. The summed E-state index contributed by atoms with van der Waals surface area (Å²) in [6, 6.07) is -0.543. The molecule has 87 heavy (non-hydrogen) atoms. The Hall–Kier alpha value is -1.66. The summed E-state index contributed by atoms with van der Waals surface area (Å²) in [7, 11) is 0. The molecule has 0 aromatic heterocycles. The first-order chi connectivity index (χ1) is 43.0. The zero-order valence-electron chi connectivity index (χ0n) is 59.3. The van der Waals surface area contributed by atoms with Crippen LogP contribution in [0.15, 0.2) is 24.3 Å². The molecule has 0 bridgehead atoms. The Morgan fingerprint density at radius 3 is 0.816 bits per heavy atom. The van der Waals surface area contributed by atoms with Gasteiger partial charge in [-0.25, -0.2) is 0 Å². The minimum absolute atomic E-state index is 0.0167. The Morgan fingerprint density at radius 2 is 0.540 bits per heavy atom. The number of carbonyl (C=O) groups excluding carboxylic acids is 2. The number of aliphatic hydroxyl groups is 2. The van der Waals surface area contributed by atoms with E-state index < -0.39 is 12.1 Å². The molecule has 2 unspecified atom stereocenters. The van der Waals surface area contributed by atoms with Crippen LogP contribution in [0.3, 0.4) is 0 Å². The van der Waals surface area contributed by atoms with Crippen molar-refractivity contribution in [1.82, 2.24) is 5.32 Å². The number of carbonyl (C=O) groups is 2. The highest BCUT2D eigenvalue weighted by Gasteiger charge is 2.20. The second-order valence-corrected chi connectivity index (χ2v) is 27.7. The van der Waals surface area contributed by atoms with Crippen molar-refractivity contribution in [2.24, 2.45) is 0 Å². The molecule has 0 aliphatic carbocycles. The Kier molecular flexibility index (Phi) is 75.3. The predicted octanol–water partition coefficient (Wildman–Crippen LogP) is 26.4. The highest BCUT2D eigenvalue weighted by molar-refractivity contribution is 5.76. The Labute approximate surface area is 545 Å². The lowest BCUT2D eigenvalue weighted by Crippen LogP contribution is -2.45. The van der Waals surface area contributed by atoms with Crippen LogP contribution in [-0.2, 0) is 14.3 Å². The van der Waals surface area contributed by atoms with Crippen LogP contribution in [0.1, 0.15) is 457 Å². The average molecular weight is 1230 g/mol. The van der Waals surface area contributed by atoms with Crippen LogP contribution in [0.5, 0.6) is 0 Å². The number of allylic oxidation sites excluding steroid dienone is 4. The molecule has 6 heteroatoms. The van der Waals surface area contributed by atoms with Gasteiger partial charge in [-0.1, -0.05) is 391 Å². The largest absolute Gasteiger partial charge is 0.466 e. The summed E-state index contributed by atoms with van der Waals surface area (Å²) in [6.45, 7) is 5.00. The average Bonchev–Trinajstić information content (AvgIpc) is 3.52. The predicted molar refractivity (Wildman–Crippen MR) is 384 cm³/mol. The first kappa shape index (κ1) is 85.3. The molecule has 0 aromatic rings. The Bertz CT molecular complexity index is 1360. The third kappa shape index (κ3) is 73.3. The fourth-order valence-corrected chi connectivity index (χ4v) is 12.9. The van der Waals surface area contributed by atoms with Gasteiger partial charge in [-0.3, -0.25) is 9.59 Å². The fourth-order valence-electron chi connectivity index (χ4n) is 12.9. The molecule has 516 valence electrons. The number of ether oxygens (including phenoxy) is 1. The molecule has 6 nitrogen and oxygen atoms in total. The number of hydrogen-bond donors (Lipinski definition) is 3. The molecule has 0 fully saturated rings. The summed E-state index contributed by atoms with van der Waals surface area (Å²) in [5.41, 5.74) is 0. The van der Waals surface area contributed by atoms with Crippen LogP contribution in [0.4, 0.5) is 0 Å². The van der Waals surface area contributed by atoms with Gasteiger partial charge in [0, 0.05) is 12.8 Å². The third-order valence-electron chi connectivity index (χ3n) is 19.0. The Morgan fingerprint density at radius 1 is 0.310 bits per heavy atom. The number of unbranched alkanes of at least 4 members (excludes halogenated alkanes) is 61. The highest BCUT2D eigenvalue weighted by atomic mass is 16.5. The SMILES string of the molecule is CCCCCCCC/C=C\CCCCCCCCCCCC(=O)OCCCCCCCCCCCCCC/C=C\CCCCCCCCCCCCCCC(=O)NC(CO)C(O)CCCCCCCCCCCCCCCCCCCCCCCCC. The van der Waals surface area contributed by atoms with E-state index in [0.29, 0.717) is 25.9 Å². The molecular formula is C81H157NO5.